The first kappa shape index (κ1) is 30.6. The summed E-state index contributed by atoms with van der Waals surface area (Å²) in [7, 11) is 1.78. The number of hydrogen-bond acceptors (Lipinski definition) is 15. The zero-order valence-electron chi connectivity index (χ0n) is 22.6. The highest BCUT2D eigenvalue weighted by Gasteiger charge is 2.55. The molecule has 4 aromatic rings. The third-order valence-corrected chi connectivity index (χ3v) is 8.63. The van der Waals surface area contributed by atoms with Gasteiger partial charge in [-0.15, -0.1) is 6.42 Å². The molecule has 21 heteroatoms. The number of ether oxygens (including phenoxy) is 2. The van der Waals surface area contributed by atoms with E-state index >= 15 is 4.39 Å². The van der Waals surface area contributed by atoms with Gasteiger partial charge in [-0.05, 0) is 12.6 Å². The topological polar surface area (TPSA) is 246 Å². The second-order valence-corrected chi connectivity index (χ2v) is 11.4. The van der Waals surface area contributed by atoms with Crippen LogP contribution in [0.25, 0.3) is 22.3 Å². The van der Waals surface area contributed by atoms with E-state index in [1.54, 1.807) is 0 Å². The molecule has 0 spiro atoms. The highest BCUT2D eigenvalue weighted by Crippen LogP contribution is 2.46. The Kier molecular flexibility index (Phi) is 8.46. The molecule has 0 bridgehead atoms. The number of aromatic nitrogens is 8. The van der Waals surface area contributed by atoms with Crippen LogP contribution in [0.5, 0.6) is 0 Å². The van der Waals surface area contributed by atoms with Crippen LogP contribution in [0, 0.1) is 18.3 Å². The van der Waals surface area contributed by atoms with Gasteiger partial charge in [-0.2, -0.15) is 4.98 Å². The van der Waals surface area contributed by atoms with Gasteiger partial charge in [-0.25, -0.2) is 29.2 Å². The van der Waals surface area contributed by atoms with Gasteiger partial charge in [-0.1, -0.05) is 5.92 Å². The van der Waals surface area contributed by atoms with Crippen LogP contribution >= 0.6 is 18.3 Å². The van der Waals surface area contributed by atoms with Crippen molar-refractivity contribution in [3.8, 4) is 12.3 Å². The number of terminal acetylenes is 1. The van der Waals surface area contributed by atoms with Crippen molar-refractivity contribution in [3.63, 3.8) is 0 Å². The number of aliphatic hydroxyl groups is 1. The molecule has 2 saturated heterocycles. The summed E-state index contributed by atoms with van der Waals surface area (Å²) in [5.41, 5.74) is 10.2. The average molecular weight is 652 g/mol. The molecule has 6 rings (SSSR count). The minimum atomic E-state index is -1.93. The number of aliphatic hydroxyl groups excluding tert-OH is 1. The van der Waals surface area contributed by atoms with Crippen LogP contribution in [0.1, 0.15) is 18.9 Å². The average Bonchev–Trinajstić information content (AvgIpc) is 3.75. The Morgan fingerprint density at radius 3 is 2.68 bits per heavy atom. The van der Waals surface area contributed by atoms with E-state index in [0.29, 0.717) is 17.3 Å². The van der Waals surface area contributed by atoms with Gasteiger partial charge in [0.15, 0.2) is 59.3 Å². The molecule has 2 fully saturated rings. The van der Waals surface area contributed by atoms with Crippen molar-refractivity contribution in [2.75, 3.05) is 24.2 Å². The minimum absolute atomic E-state index is 0.000116. The van der Waals surface area contributed by atoms with Crippen LogP contribution < -0.4 is 17.0 Å². The molecule has 3 unspecified atom stereocenters. The Bertz CT molecular complexity index is 1770. The maximum Gasteiger partial charge on any atom is 0.280 e. The number of aromatic amines is 1. The molecule has 6 heterocycles. The van der Waals surface area contributed by atoms with Gasteiger partial charge >= 0.3 is 0 Å². The number of anilines is 2. The highest BCUT2D eigenvalue weighted by atomic mass is 31.1. The van der Waals surface area contributed by atoms with Crippen molar-refractivity contribution in [2.24, 2.45) is 5.92 Å². The van der Waals surface area contributed by atoms with Crippen LogP contribution in [0.2, 0.25) is 0 Å². The fourth-order valence-electron chi connectivity index (χ4n) is 5.49. The Labute approximate surface area is 250 Å². The number of nitrogens with two attached hydrogens (primary N) is 2. The quantitative estimate of drug-likeness (QED) is 0.0492. The molecule has 0 saturated carbocycles. The Hall–Kier alpha value is -3.43. The molecule has 2 aliphatic heterocycles. The number of nitrogens with one attached hydrogen (secondary N) is 1. The first-order chi connectivity index (χ1) is 21.2. The lowest BCUT2D eigenvalue weighted by molar-refractivity contribution is -0.300. The summed E-state index contributed by atoms with van der Waals surface area (Å²) in [6.07, 6.45) is 2.07. The number of imidazole rings is 2. The molecule has 44 heavy (non-hydrogen) atoms. The number of hydrogen-bond donors (Lipinski definition) is 5. The van der Waals surface area contributed by atoms with Crippen molar-refractivity contribution in [1.82, 2.24) is 39.0 Å². The van der Waals surface area contributed by atoms with E-state index in [2.05, 4.69) is 50.2 Å². The number of alkyl halides is 1. The Morgan fingerprint density at radius 1 is 1.20 bits per heavy atom. The smallest absolute Gasteiger partial charge is 0.280 e. The summed E-state index contributed by atoms with van der Waals surface area (Å²) in [6.45, 7) is -0.0597. The molecule has 0 aliphatic carbocycles. The predicted molar refractivity (Wildman–Crippen MR) is 154 cm³/mol. The lowest BCUT2D eigenvalue weighted by Gasteiger charge is -2.29. The number of nitrogen functional groups attached to an aromatic ring is 2. The number of H-pyrrole nitrogens is 1. The van der Waals surface area contributed by atoms with Crippen LogP contribution in [0.4, 0.5) is 16.2 Å². The van der Waals surface area contributed by atoms with E-state index in [-0.39, 0.29) is 44.8 Å². The summed E-state index contributed by atoms with van der Waals surface area (Å²) in [5, 5.41) is 20.9. The minimum Gasteiger partial charge on any atom is -0.388 e. The number of nitrogens with zero attached hydrogens (tertiary/aromatic N) is 7. The van der Waals surface area contributed by atoms with Gasteiger partial charge in [0, 0.05) is 24.2 Å². The van der Waals surface area contributed by atoms with Gasteiger partial charge in [0.25, 0.3) is 5.56 Å². The molecule has 7 N–H and O–H groups in total. The molecule has 0 aromatic carbocycles. The fourth-order valence-corrected chi connectivity index (χ4v) is 6.63. The standard InChI is InChI=1S/C23H27FN10O8P2/c1-2-23(5-38-43)9(13(35)19(40-23)33-7-29-11-15(25)27-6-28-16(11)33)3-4-44-42-21-10(24)14(41-37)20(39-21)34-8-30-12-17(34)31-22(26)32-18(12)36/h1,6-10,13-14,19-21,35,37,44H,3-5,43H2,(H2,25,27,28)(H3,26,31,32,36)/t9-,10+,13+,14+,19+,20+,21?,23+/m0/s1. The second kappa shape index (κ2) is 12.2. The first-order valence-electron chi connectivity index (χ1n) is 13.0. The zero-order chi connectivity index (χ0) is 31.2. The van der Waals surface area contributed by atoms with E-state index in [1.165, 1.54) is 28.1 Å². The first-order valence-corrected chi connectivity index (χ1v) is 14.6. The van der Waals surface area contributed by atoms with E-state index in [0.717, 1.165) is 0 Å². The predicted octanol–water partition coefficient (Wildman–Crippen LogP) is -0.140. The molecule has 0 amide bonds. The maximum absolute atomic E-state index is 15.3. The SMILES string of the molecule is C#C[C@]1(COP)O[C@@H](n2cnc3c(N)ncnc32)[C@H](O)[C@@H]1CCPOC1O[C@@H](n2cnc3c(=O)[nH]c(N)nc32)[C@H](OO)[C@H]1F. The van der Waals surface area contributed by atoms with Crippen molar-refractivity contribution >= 4 is 52.4 Å². The van der Waals surface area contributed by atoms with E-state index in [1.807, 2.05) is 0 Å². The van der Waals surface area contributed by atoms with Crippen molar-refractivity contribution in [2.45, 2.75) is 49.1 Å². The summed E-state index contributed by atoms with van der Waals surface area (Å²) >= 11 is 0. The largest absolute Gasteiger partial charge is 0.388 e. The second-order valence-electron chi connectivity index (χ2n) is 10.0. The third-order valence-electron chi connectivity index (χ3n) is 7.57. The van der Waals surface area contributed by atoms with Crippen molar-refractivity contribution in [3.05, 3.63) is 29.3 Å². The van der Waals surface area contributed by atoms with Gasteiger partial charge in [-0.3, -0.25) is 24.2 Å². The summed E-state index contributed by atoms with van der Waals surface area (Å²) in [5.74, 6) is 1.96. The van der Waals surface area contributed by atoms with Gasteiger partial charge in [0.2, 0.25) is 5.95 Å². The molecular weight excluding hydrogens is 625 g/mol. The van der Waals surface area contributed by atoms with E-state index in [4.69, 9.17) is 36.4 Å². The summed E-state index contributed by atoms with van der Waals surface area (Å²) in [4.78, 5) is 39.2. The van der Waals surface area contributed by atoms with Gasteiger partial charge < -0.3 is 35.1 Å². The highest BCUT2D eigenvalue weighted by molar-refractivity contribution is 7.32. The number of fused-ring (bicyclic) bond motifs is 2. The molecule has 10 atom stereocenters. The molecule has 0 radical (unpaired) electrons. The van der Waals surface area contributed by atoms with Crippen molar-refractivity contribution in [1.29, 1.82) is 0 Å². The van der Waals surface area contributed by atoms with Gasteiger partial charge in [0.05, 0.1) is 19.3 Å². The monoisotopic (exact) mass is 652 g/mol. The van der Waals surface area contributed by atoms with E-state index in [9.17, 15) is 15.2 Å². The van der Waals surface area contributed by atoms with Gasteiger partial charge in [0.1, 0.15) is 17.9 Å². The Morgan fingerprint density at radius 2 is 1.95 bits per heavy atom. The molecular formula is C23H27FN10O8P2. The fraction of sp³-hybridized carbons (Fsp3) is 0.478. The maximum atomic E-state index is 15.3. The summed E-state index contributed by atoms with van der Waals surface area (Å²) < 4.78 is 40.9. The Balaban J connectivity index is 1.15. The number of halogens is 1. The third kappa shape index (κ3) is 5.08. The molecule has 18 nitrogen and oxygen atoms in total. The van der Waals surface area contributed by atoms with Crippen molar-refractivity contribution < 1.29 is 38.2 Å². The molecule has 2 aliphatic rings. The normalized spacial score (nSPS) is 30.7. The zero-order valence-corrected chi connectivity index (χ0v) is 24.7. The molecule has 234 valence electrons. The van der Waals surface area contributed by atoms with Crippen LogP contribution in [-0.4, -0.2) is 92.4 Å². The van der Waals surface area contributed by atoms with E-state index < -0.39 is 54.2 Å². The molecule has 4 aromatic heterocycles. The van der Waals surface area contributed by atoms with Crippen LogP contribution in [0.3, 0.4) is 0 Å². The summed E-state index contributed by atoms with van der Waals surface area (Å²) in [6, 6.07) is 0. The lowest BCUT2D eigenvalue weighted by atomic mass is 9.84. The van der Waals surface area contributed by atoms with Crippen LogP contribution in [-0.2, 0) is 23.4 Å². The number of rotatable bonds is 10. The lowest BCUT2D eigenvalue weighted by Crippen LogP contribution is -2.41. The van der Waals surface area contributed by atoms with Crippen LogP contribution in [0.15, 0.2) is 23.8 Å².